The van der Waals surface area contributed by atoms with Crippen LogP contribution in [-0.4, -0.2) is 32.8 Å². The van der Waals surface area contributed by atoms with E-state index < -0.39 is 17.3 Å². The quantitative estimate of drug-likeness (QED) is 0.530. The van der Waals surface area contributed by atoms with Gasteiger partial charge in [-0.1, -0.05) is 6.07 Å². The summed E-state index contributed by atoms with van der Waals surface area (Å²) in [7, 11) is 1.58. The van der Waals surface area contributed by atoms with Crippen LogP contribution in [0.2, 0.25) is 0 Å². The van der Waals surface area contributed by atoms with Gasteiger partial charge >= 0.3 is 0 Å². The lowest BCUT2D eigenvalue weighted by Crippen LogP contribution is -2.22. The molecule has 0 bridgehead atoms. The number of halogens is 1. The van der Waals surface area contributed by atoms with Crippen molar-refractivity contribution < 1.29 is 13.9 Å². The number of rotatable bonds is 5. The summed E-state index contributed by atoms with van der Waals surface area (Å²) in [5.74, 6) is 0.121. The van der Waals surface area contributed by atoms with Crippen molar-refractivity contribution in [1.29, 1.82) is 0 Å². The molecule has 1 amide bonds. The van der Waals surface area contributed by atoms with Gasteiger partial charge in [-0.3, -0.25) is 9.59 Å². The number of amides is 1. The smallest absolute Gasteiger partial charge is 0.290 e. The minimum atomic E-state index is -0.424. The average molecular weight is 407 g/mol. The Morgan fingerprint density at radius 3 is 2.67 bits per heavy atom. The Morgan fingerprint density at radius 2 is 1.97 bits per heavy atom. The molecule has 0 unspecified atom stereocenters. The summed E-state index contributed by atoms with van der Waals surface area (Å²) in [4.78, 5) is 24.6. The van der Waals surface area contributed by atoms with Crippen molar-refractivity contribution in [2.75, 3.05) is 12.4 Å². The lowest BCUT2D eigenvalue weighted by atomic mass is 10.1. The van der Waals surface area contributed by atoms with Crippen molar-refractivity contribution in [3.63, 3.8) is 0 Å². The number of H-pyrrole nitrogens is 1. The lowest BCUT2D eigenvalue weighted by Gasteiger charge is -2.07. The Labute approximate surface area is 170 Å². The van der Waals surface area contributed by atoms with Crippen molar-refractivity contribution in [3.05, 3.63) is 76.1 Å². The normalized spacial score (nSPS) is 10.9. The molecule has 30 heavy (non-hydrogen) atoms. The number of aryl methyl sites for hydroxylation is 1. The Kier molecular flexibility index (Phi) is 5.01. The molecule has 0 aliphatic rings. The van der Waals surface area contributed by atoms with Gasteiger partial charge in [-0.05, 0) is 55.0 Å². The number of fused-ring (bicyclic) bond motifs is 1. The van der Waals surface area contributed by atoms with Gasteiger partial charge in [-0.15, -0.1) is 0 Å². The van der Waals surface area contributed by atoms with Crippen LogP contribution >= 0.6 is 0 Å². The first-order valence-electron chi connectivity index (χ1n) is 9.12. The molecule has 0 fully saturated rings. The summed E-state index contributed by atoms with van der Waals surface area (Å²) in [6.07, 6.45) is -0.160. The first kappa shape index (κ1) is 19.3. The van der Waals surface area contributed by atoms with Crippen LogP contribution in [0.25, 0.3) is 16.8 Å². The summed E-state index contributed by atoms with van der Waals surface area (Å²) in [5, 5.41) is 13.4. The Balaban J connectivity index is 1.63. The fourth-order valence-corrected chi connectivity index (χ4v) is 3.00. The summed E-state index contributed by atoms with van der Waals surface area (Å²) in [6.45, 7) is 1.64. The van der Waals surface area contributed by atoms with Crippen LogP contribution < -0.4 is 15.6 Å². The number of nitrogens with zero attached hydrogens (tertiary/aromatic N) is 3. The molecule has 0 saturated carbocycles. The van der Waals surface area contributed by atoms with Crippen molar-refractivity contribution in [2.24, 2.45) is 0 Å². The minimum Gasteiger partial charge on any atom is -0.497 e. The highest BCUT2D eigenvalue weighted by atomic mass is 19.1. The fraction of sp³-hybridized carbons (Fsp3) is 0.143. The Hall–Kier alpha value is -4.01. The summed E-state index contributed by atoms with van der Waals surface area (Å²) in [5.41, 5.74) is 2.00. The van der Waals surface area contributed by atoms with Crippen LogP contribution in [0, 0.1) is 12.7 Å². The summed E-state index contributed by atoms with van der Waals surface area (Å²) < 4.78 is 20.2. The molecular formula is C21H18FN5O3. The van der Waals surface area contributed by atoms with Crippen molar-refractivity contribution in [3.8, 4) is 17.0 Å². The molecule has 0 aliphatic heterocycles. The third-order valence-corrected chi connectivity index (χ3v) is 4.63. The molecule has 0 aliphatic carbocycles. The Morgan fingerprint density at radius 1 is 1.20 bits per heavy atom. The zero-order valence-electron chi connectivity index (χ0n) is 16.3. The van der Waals surface area contributed by atoms with Gasteiger partial charge in [0.2, 0.25) is 5.91 Å². The number of aromatic nitrogens is 4. The molecule has 4 aromatic rings. The van der Waals surface area contributed by atoms with Crippen molar-refractivity contribution in [1.82, 2.24) is 19.8 Å². The van der Waals surface area contributed by atoms with Gasteiger partial charge in [0.25, 0.3) is 5.56 Å². The number of methoxy groups -OCH3 is 1. The zero-order valence-corrected chi connectivity index (χ0v) is 16.3. The second-order valence-corrected chi connectivity index (χ2v) is 6.71. The van der Waals surface area contributed by atoms with Crippen LogP contribution in [0.15, 0.2) is 53.3 Å². The number of carbonyl (C=O) groups excluding carboxylic acids is 1. The van der Waals surface area contributed by atoms with Crippen LogP contribution in [0.4, 0.5) is 10.1 Å². The summed E-state index contributed by atoms with van der Waals surface area (Å²) in [6, 6.07) is 13.3. The largest absolute Gasteiger partial charge is 0.497 e. The maximum atomic E-state index is 13.7. The molecule has 4 rings (SSSR count). The number of benzene rings is 2. The molecule has 0 saturated heterocycles. The van der Waals surface area contributed by atoms with Gasteiger partial charge in [0.1, 0.15) is 17.1 Å². The highest BCUT2D eigenvalue weighted by Crippen LogP contribution is 2.22. The second-order valence-electron chi connectivity index (χ2n) is 6.71. The number of hydrogen-bond acceptors (Lipinski definition) is 5. The molecule has 9 heteroatoms. The van der Waals surface area contributed by atoms with Crippen LogP contribution in [0.1, 0.15) is 11.4 Å². The van der Waals surface area contributed by atoms with Gasteiger partial charge in [0.15, 0.2) is 5.82 Å². The number of ether oxygens (including phenoxy) is 1. The van der Waals surface area contributed by atoms with E-state index >= 15 is 0 Å². The first-order valence-corrected chi connectivity index (χ1v) is 9.12. The van der Waals surface area contributed by atoms with E-state index in [0.29, 0.717) is 22.7 Å². The van der Waals surface area contributed by atoms with Gasteiger partial charge in [0.05, 0.1) is 19.2 Å². The molecule has 2 aromatic heterocycles. The molecule has 0 spiro atoms. The third-order valence-electron chi connectivity index (χ3n) is 4.63. The van der Waals surface area contributed by atoms with E-state index in [1.54, 1.807) is 44.4 Å². The molecule has 152 valence electrons. The molecule has 2 N–H and O–H groups in total. The van der Waals surface area contributed by atoms with E-state index in [2.05, 4.69) is 20.6 Å². The number of anilines is 1. The standard InChI is InChI=1S/C21H18FN5O3/c1-12-3-6-14(9-16(12)22)23-20(28)11-19-24-25-21(29)18-10-17(26-27(18)19)13-4-7-15(30-2)8-5-13/h3-10H,11H2,1-2H3,(H,23,28)(H,25,29). The topological polar surface area (TPSA) is 101 Å². The number of aromatic amines is 1. The number of carbonyl (C=O) groups is 1. The number of hydrogen-bond donors (Lipinski definition) is 2. The van der Waals surface area contributed by atoms with Gasteiger partial charge < -0.3 is 10.1 Å². The lowest BCUT2D eigenvalue weighted by molar-refractivity contribution is -0.115. The van der Waals surface area contributed by atoms with Gasteiger partial charge in [-0.25, -0.2) is 14.0 Å². The highest BCUT2D eigenvalue weighted by Gasteiger charge is 2.15. The molecule has 8 nitrogen and oxygen atoms in total. The van der Waals surface area contributed by atoms with E-state index in [4.69, 9.17) is 4.74 Å². The molecule has 2 heterocycles. The molecule has 0 radical (unpaired) electrons. The predicted molar refractivity (Wildman–Crippen MR) is 109 cm³/mol. The van der Waals surface area contributed by atoms with Crippen LogP contribution in [-0.2, 0) is 11.2 Å². The SMILES string of the molecule is COc1ccc(-c2cc3c(=O)[nH]nc(CC(=O)Nc4ccc(C)c(F)c4)n3n2)cc1. The van der Waals surface area contributed by atoms with E-state index in [9.17, 15) is 14.0 Å². The fourth-order valence-electron chi connectivity index (χ4n) is 3.00. The average Bonchev–Trinajstić information content (AvgIpc) is 3.19. The highest BCUT2D eigenvalue weighted by molar-refractivity contribution is 5.91. The minimum absolute atomic E-state index is 0.160. The Bertz CT molecular complexity index is 1290. The second kappa shape index (κ2) is 7.78. The van der Waals surface area contributed by atoms with E-state index in [0.717, 1.165) is 5.56 Å². The first-order chi connectivity index (χ1) is 14.4. The zero-order chi connectivity index (χ0) is 21.3. The maximum absolute atomic E-state index is 13.7. The van der Waals surface area contributed by atoms with Crippen molar-refractivity contribution >= 4 is 17.1 Å². The molecule has 2 aromatic carbocycles. The molecule has 0 atom stereocenters. The molecular weight excluding hydrogens is 389 g/mol. The predicted octanol–water partition coefficient (Wildman–Crippen LogP) is 2.72. The van der Waals surface area contributed by atoms with Crippen molar-refractivity contribution in [2.45, 2.75) is 13.3 Å². The van der Waals surface area contributed by atoms with Gasteiger partial charge in [-0.2, -0.15) is 10.2 Å². The van der Waals surface area contributed by atoms with E-state index in [1.165, 1.54) is 10.6 Å². The number of nitrogens with one attached hydrogen (secondary N) is 2. The van der Waals surface area contributed by atoms with Crippen LogP contribution in [0.3, 0.4) is 0 Å². The van der Waals surface area contributed by atoms with E-state index in [-0.39, 0.29) is 17.8 Å². The van der Waals surface area contributed by atoms with E-state index in [1.807, 2.05) is 12.1 Å². The summed E-state index contributed by atoms with van der Waals surface area (Å²) >= 11 is 0. The third kappa shape index (κ3) is 3.77. The van der Waals surface area contributed by atoms with Crippen LogP contribution in [0.5, 0.6) is 5.75 Å². The van der Waals surface area contributed by atoms with Gasteiger partial charge in [0, 0.05) is 11.3 Å². The maximum Gasteiger partial charge on any atom is 0.290 e. The monoisotopic (exact) mass is 407 g/mol.